The van der Waals surface area contributed by atoms with Crippen molar-refractivity contribution in [2.24, 2.45) is 5.41 Å². The van der Waals surface area contributed by atoms with Crippen molar-refractivity contribution >= 4 is 17.7 Å². The van der Waals surface area contributed by atoms with E-state index in [0.29, 0.717) is 28.0 Å². The number of nitrogens with two attached hydrogens (primary N) is 1. The summed E-state index contributed by atoms with van der Waals surface area (Å²) in [6, 6.07) is 5.35. The summed E-state index contributed by atoms with van der Waals surface area (Å²) in [5, 5.41) is 11.8. The molecule has 8 nitrogen and oxygen atoms in total. The molecule has 2 aromatic rings. The number of benzene rings is 1. The molecule has 0 bridgehead atoms. The van der Waals surface area contributed by atoms with Gasteiger partial charge in [-0.25, -0.2) is 4.68 Å². The summed E-state index contributed by atoms with van der Waals surface area (Å²) in [6.45, 7) is 10.5. The molecule has 9 heteroatoms. The number of aromatic nitrogens is 3. The number of rotatable bonds is 8. The number of amides is 1. The Morgan fingerprint density at radius 2 is 1.86 bits per heavy atom. The molecule has 0 atom stereocenters. The third-order valence-corrected chi connectivity index (χ3v) is 5.04. The summed E-state index contributed by atoms with van der Waals surface area (Å²) in [7, 11) is 3.15. The molecule has 0 unspecified atom stereocenters. The largest absolute Gasteiger partial charge is 0.497 e. The zero-order chi connectivity index (χ0) is 21.8. The highest BCUT2D eigenvalue weighted by molar-refractivity contribution is 7.99. The Bertz CT molecular complexity index is 858. The van der Waals surface area contributed by atoms with Gasteiger partial charge < -0.3 is 20.6 Å². The second-order valence-corrected chi connectivity index (χ2v) is 9.64. The lowest BCUT2D eigenvalue weighted by atomic mass is 9.82. The van der Waals surface area contributed by atoms with E-state index in [1.54, 1.807) is 32.4 Å². The SMILES string of the molecule is COc1ccc(-c2nnc(SCC(=O)NC(C)(C)CC(C)(C)C)n2N)c(OC)c1. The molecule has 0 saturated carbocycles. The standard InChI is InChI=1S/C20H31N5O3S/c1-19(2,3)12-20(4,5)22-16(26)11-29-18-24-23-17(25(18)21)14-9-8-13(27-6)10-15(14)28-7/h8-10H,11-12,21H2,1-7H3,(H,22,26). The smallest absolute Gasteiger partial charge is 0.230 e. The van der Waals surface area contributed by atoms with Gasteiger partial charge in [-0.2, -0.15) is 0 Å². The number of nitrogen functional groups attached to an aromatic ring is 1. The summed E-state index contributed by atoms with van der Waals surface area (Å²) in [5.74, 6) is 7.98. The van der Waals surface area contributed by atoms with E-state index >= 15 is 0 Å². The van der Waals surface area contributed by atoms with Crippen LogP contribution in [0.1, 0.15) is 41.0 Å². The predicted octanol–water partition coefficient (Wildman–Crippen LogP) is 3.10. The van der Waals surface area contributed by atoms with E-state index in [1.807, 2.05) is 13.8 Å². The van der Waals surface area contributed by atoms with Gasteiger partial charge in [0.05, 0.1) is 25.5 Å². The lowest BCUT2D eigenvalue weighted by Gasteiger charge is -2.33. The first-order valence-corrected chi connectivity index (χ1v) is 10.3. The summed E-state index contributed by atoms with van der Waals surface area (Å²) in [5.41, 5.74) is 0.507. The first-order chi connectivity index (χ1) is 13.5. The van der Waals surface area contributed by atoms with E-state index in [2.05, 4.69) is 36.3 Å². The number of carbonyl (C=O) groups excluding carboxylic acids is 1. The predicted molar refractivity (Wildman–Crippen MR) is 116 cm³/mol. The fraction of sp³-hybridized carbons (Fsp3) is 0.550. The fourth-order valence-corrected chi connectivity index (χ4v) is 4.11. The van der Waals surface area contributed by atoms with E-state index in [0.717, 1.165) is 6.42 Å². The van der Waals surface area contributed by atoms with Crippen LogP contribution in [-0.4, -0.2) is 46.3 Å². The number of hydrogen-bond acceptors (Lipinski definition) is 7. The molecule has 1 aromatic heterocycles. The average molecular weight is 422 g/mol. The molecule has 1 amide bonds. The van der Waals surface area contributed by atoms with Gasteiger partial charge in [-0.3, -0.25) is 4.79 Å². The van der Waals surface area contributed by atoms with Crippen LogP contribution >= 0.6 is 11.8 Å². The van der Waals surface area contributed by atoms with Crippen molar-refractivity contribution in [1.29, 1.82) is 0 Å². The van der Waals surface area contributed by atoms with Crippen molar-refractivity contribution in [3.63, 3.8) is 0 Å². The first kappa shape index (κ1) is 22.9. The van der Waals surface area contributed by atoms with E-state index in [-0.39, 0.29) is 22.6 Å². The van der Waals surface area contributed by atoms with Gasteiger partial charge in [0.25, 0.3) is 0 Å². The minimum atomic E-state index is -0.298. The Hall–Kier alpha value is -2.42. The van der Waals surface area contributed by atoms with Crippen LogP contribution in [0, 0.1) is 5.41 Å². The van der Waals surface area contributed by atoms with Crippen molar-refractivity contribution in [2.45, 2.75) is 51.7 Å². The molecule has 1 heterocycles. The summed E-state index contributed by atoms with van der Waals surface area (Å²) >= 11 is 1.24. The summed E-state index contributed by atoms with van der Waals surface area (Å²) in [6.07, 6.45) is 0.866. The van der Waals surface area contributed by atoms with Crippen LogP contribution in [0.4, 0.5) is 0 Å². The number of nitrogens with zero attached hydrogens (tertiary/aromatic N) is 3. The molecule has 0 aliphatic heterocycles. The monoisotopic (exact) mass is 421 g/mol. The van der Waals surface area contributed by atoms with Crippen LogP contribution in [-0.2, 0) is 4.79 Å². The van der Waals surface area contributed by atoms with E-state index < -0.39 is 0 Å². The van der Waals surface area contributed by atoms with Crippen molar-refractivity contribution in [1.82, 2.24) is 20.2 Å². The third-order valence-electron chi connectivity index (χ3n) is 4.10. The van der Waals surface area contributed by atoms with Crippen LogP contribution in [0.3, 0.4) is 0 Å². The topological polar surface area (TPSA) is 104 Å². The van der Waals surface area contributed by atoms with Crippen LogP contribution in [0.25, 0.3) is 11.4 Å². The number of ether oxygens (including phenoxy) is 2. The molecule has 3 N–H and O–H groups in total. The van der Waals surface area contributed by atoms with Crippen molar-refractivity contribution in [3.8, 4) is 22.9 Å². The summed E-state index contributed by atoms with van der Waals surface area (Å²) in [4.78, 5) is 12.4. The molecule has 0 fully saturated rings. The molecule has 0 radical (unpaired) electrons. The Balaban J connectivity index is 2.08. The van der Waals surface area contributed by atoms with Gasteiger partial charge in [0.1, 0.15) is 11.5 Å². The molecule has 160 valence electrons. The van der Waals surface area contributed by atoms with Crippen molar-refractivity contribution in [3.05, 3.63) is 18.2 Å². The van der Waals surface area contributed by atoms with Crippen LogP contribution < -0.4 is 20.6 Å². The number of carbonyl (C=O) groups is 1. The van der Waals surface area contributed by atoms with E-state index in [4.69, 9.17) is 15.3 Å². The molecule has 2 rings (SSSR count). The van der Waals surface area contributed by atoms with Gasteiger partial charge in [-0.05, 0) is 37.8 Å². The molecular formula is C20H31N5O3S. The van der Waals surface area contributed by atoms with Gasteiger partial charge in [-0.1, -0.05) is 32.5 Å². The molecular weight excluding hydrogens is 390 g/mol. The van der Waals surface area contributed by atoms with Gasteiger partial charge in [0.15, 0.2) is 5.82 Å². The zero-order valence-electron chi connectivity index (χ0n) is 18.2. The number of hydrogen-bond donors (Lipinski definition) is 2. The molecule has 0 saturated heterocycles. The van der Waals surface area contributed by atoms with Crippen molar-refractivity contribution < 1.29 is 14.3 Å². The van der Waals surface area contributed by atoms with Crippen LogP contribution in [0.2, 0.25) is 0 Å². The molecule has 29 heavy (non-hydrogen) atoms. The van der Waals surface area contributed by atoms with E-state index in [9.17, 15) is 4.79 Å². The lowest BCUT2D eigenvalue weighted by molar-refractivity contribution is -0.120. The van der Waals surface area contributed by atoms with E-state index in [1.165, 1.54) is 16.4 Å². The highest BCUT2D eigenvalue weighted by Gasteiger charge is 2.27. The lowest BCUT2D eigenvalue weighted by Crippen LogP contribution is -2.46. The highest BCUT2D eigenvalue weighted by Crippen LogP contribution is 2.33. The van der Waals surface area contributed by atoms with Gasteiger partial charge in [-0.15, -0.1) is 10.2 Å². The number of thioether (sulfide) groups is 1. The highest BCUT2D eigenvalue weighted by atomic mass is 32.2. The molecule has 0 aliphatic rings. The number of nitrogens with one attached hydrogen (secondary N) is 1. The fourth-order valence-electron chi connectivity index (χ4n) is 3.46. The second kappa shape index (κ2) is 8.94. The minimum Gasteiger partial charge on any atom is -0.497 e. The summed E-state index contributed by atoms with van der Waals surface area (Å²) < 4.78 is 12.0. The molecule has 0 aliphatic carbocycles. The maximum atomic E-state index is 12.4. The second-order valence-electron chi connectivity index (χ2n) is 8.70. The Kier molecular flexibility index (Phi) is 7.05. The zero-order valence-corrected chi connectivity index (χ0v) is 19.0. The number of methoxy groups -OCH3 is 2. The Labute approximate surface area is 176 Å². The molecule has 0 spiro atoms. The Morgan fingerprint density at radius 1 is 1.17 bits per heavy atom. The Morgan fingerprint density at radius 3 is 2.45 bits per heavy atom. The van der Waals surface area contributed by atoms with Crippen LogP contribution in [0.15, 0.2) is 23.4 Å². The normalized spacial score (nSPS) is 12.0. The van der Waals surface area contributed by atoms with Crippen LogP contribution in [0.5, 0.6) is 11.5 Å². The average Bonchev–Trinajstić information content (AvgIpc) is 2.97. The third kappa shape index (κ3) is 6.28. The maximum absolute atomic E-state index is 12.4. The quantitative estimate of drug-likeness (QED) is 0.498. The van der Waals surface area contributed by atoms with Gasteiger partial charge in [0, 0.05) is 11.6 Å². The van der Waals surface area contributed by atoms with Crippen molar-refractivity contribution in [2.75, 3.05) is 25.8 Å². The van der Waals surface area contributed by atoms with Gasteiger partial charge in [0.2, 0.25) is 11.1 Å². The maximum Gasteiger partial charge on any atom is 0.230 e. The molecule has 1 aromatic carbocycles. The van der Waals surface area contributed by atoms with Gasteiger partial charge >= 0.3 is 0 Å². The first-order valence-electron chi connectivity index (χ1n) is 9.32. The minimum absolute atomic E-state index is 0.0733.